The summed E-state index contributed by atoms with van der Waals surface area (Å²) in [6.45, 7) is 1.50. The number of phenols is 1. The van der Waals surface area contributed by atoms with Gasteiger partial charge in [-0.15, -0.1) is 0 Å². The van der Waals surface area contributed by atoms with Gasteiger partial charge >= 0.3 is 0 Å². The van der Waals surface area contributed by atoms with E-state index in [4.69, 9.17) is 4.52 Å². The van der Waals surface area contributed by atoms with Crippen molar-refractivity contribution < 1.29 is 18.0 Å². The fourth-order valence-corrected chi connectivity index (χ4v) is 2.17. The Labute approximate surface area is 123 Å². The van der Waals surface area contributed by atoms with Crippen LogP contribution in [0.4, 0.5) is 0 Å². The molecule has 8 heteroatoms. The number of sulfone groups is 1. The van der Waals surface area contributed by atoms with E-state index in [9.17, 15) is 13.5 Å². The molecule has 1 aromatic heterocycles. The van der Waals surface area contributed by atoms with Crippen molar-refractivity contribution in [3.63, 3.8) is 0 Å². The predicted octanol–water partition coefficient (Wildman–Crippen LogP) is 2.15. The maximum absolute atomic E-state index is 11.4. The molecular weight excluding hydrogens is 383 g/mol. The first kappa shape index (κ1) is 14.3. The Morgan fingerprint density at radius 3 is 2.68 bits per heavy atom. The van der Waals surface area contributed by atoms with Gasteiger partial charge in [-0.1, -0.05) is 5.16 Å². The van der Waals surface area contributed by atoms with E-state index in [1.807, 2.05) is 22.6 Å². The van der Waals surface area contributed by atoms with Gasteiger partial charge in [0.1, 0.15) is 11.0 Å². The van der Waals surface area contributed by atoms with Crippen molar-refractivity contribution in [3.8, 4) is 17.2 Å². The molecule has 0 amide bonds. The summed E-state index contributed by atoms with van der Waals surface area (Å²) < 4.78 is 28.5. The molecule has 2 aromatic rings. The van der Waals surface area contributed by atoms with Crippen molar-refractivity contribution in [2.24, 2.45) is 0 Å². The fourth-order valence-electron chi connectivity index (χ4n) is 1.35. The van der Waals surface area contributed by atoms with Gasteiger partial charge in [-0.25, -0.2) is 8.42 Å². The van der Waals surface area contributed by atoms with Crippen molar-refractivity contribution in [1.29, 1.82) is 0 Å². The average Bonchev–Trinajstić information content (AvgIpc) is 2.79. The molecule has 0 saturated heterocycles. The summed E-state index contributed by atoms with van der Waals surface area (Å²) in [4.78, 5) is 4.05. The Hall–Kier alpha value is -1.16. The van der Waals surface area contributed by atoms with E-state index in [2.05, 4.69) is 10.1 Å². The highest BCUT2D eigenvalue weighted by Crippen LogP contribution is 2.27. The van der Waals surface area contributed by atoms with Crippen molar-refractivity contribution in [2.75, 3.05) is 6.26 Å². The van der Waals surface area contributed by atoms with Gasteiger partial charge < -0.3 is 9.63 Å². The van der Waals surface area contributed by atoms with Crippen LogP contribution in [-0.2, 0) is 9.84 Å². The van der Waals surface area contributed by atoms with Gasteiger partial charge in [0.05, 0.1) is 3.57 Å². The number of hydrogen-bond donors (Lipinski definition) is 1. The van der Waals surface area contributed by atoms with Crippen LogP contribution in [0.1, 0.15) is 18.0 Å². The molecule has 0 radical (unpaired) electrons. The Morgan fingerprint density at radius 2 is 2.11 bits per heavy atom. The molecule has 0 bridgehead atoms. The molecule has 0 aliphatic carbocycles. The van der Waals surface area contributed by atoms with Crippen LogP contribution in [0.15, 0.2) is 22.7 Å². The Bertz CT molecular complexity index is 711. The molecule has 1 atom stereocenters. The van der Waals surface area contributed by atoms with E-state index >= 15 is 0 Å². The Morgan fingerprint density at radius 1 is 1.42 bits per heavy atom. The largest absolute Gasteiger partial charge is 0.507 e. The summed E-state index contributed by atoms with van der Waals surface area (Å²) in [5.74, 6) is 0.391. The Balaban J connectivity index is 2.38. The lowest BCUT2D eigenvalue weighted by Gasteiger charge is -2.02. The van der Waals surface area contributed by atoms with Crippen LogP contribution in [0.2, 0.25) is 0 Å². The molecular formula is C11H11IN2O4S. The second-order valence-corrected chi connectivity index (χ2v) is 7.62. The normalized spacial score (nSPS) is 13.4. The van der Waals surface area contributed by atoms with Crippen LogP contribution in [0.3, 0.4) is 0 Å². The lowest BCUT2D eigenvalue weighted by molar-refractivity contribution is 0.421. The number of rotatable bonds is 3. The Kier molecular flexibility index (Phi) is 3.81. The summed E-state index contributed by atoms with van der Waals surface area (Å²) >= 11 is 1.99. The predicted molar refractivity (Wildman–Crippen MR) is 77.4 cm³/mol. The molecule has 0 fully saturated rings. The number of benzene rings is 1. The summed E-state index contributed by atoms with van der Waals surface area (Å²) in [6, 6.07) is 4.91. The standard InChI is InChI=1S/C11H11IN2O4S/c1-6(19(2,16)17)10-13-11(18-14-10)7-3-4-8(12)9(15)5-7/h3-6,15H,1-2H3. The van der Waals surface area contributed by atoms with E-state index < -0.39 is 15.1 Å². The van der Waals surface area contributed by atoms with Gasteiger partial charge in [-0.3, -0.25) is 0 Å². The first-order valence-electron chi connectivity index (χ1n) is 5.30. The van der Waals surface area contributed by atoms with E-state index in [1.54, 1.807) is 12.1 Å². The van der Waals surface area contributed by atoms with Crippen LogP contribution in [0, 0.1) is 3.57 Å². The quantitative estimate of drug-likeness (QED) is 0.802. The maximum atomic E-state index is 11.4. The molecule has 0 spiro atoms. The molecule has 1 N–H and O–H groups in total. The van der Waals surface area contributed by atoms with Gasteiger partial charge in [0.25, 0.3) is 5.89 Å². The molecule has 2 rings (SSSR count). The van der Waals surface area contributed by atoms with Gasteiger partial charge in [0.15, 0.2) is 15.7 Å². The zero-order valence-corrected chi connectivity index (χ0v) is 13.1. The summed E-state index contributed by atoms with van der Waals surface area (Å²) in [7, 11) is -3.28. The average molecular weight is 394 g/mol. The number of phenolic OH excluding ortho intramolecular Hbond substituents is 1. The highest BCUT2D eigenvalue weighted by Gasteiger charge is 2.23. The number of hydrogen-bond acceptors (Lipinski definition) is 6. The summed E-state index contributed by atoms with van der Waals surface area (Å²) in [5, 5.41) is 12.4. The highest BCUT2D eigenvalue weighted by atomic mass is 127. The lowest BCUT2D eigenvalue weighted by Crippen LogP contribution is -2.09. The molecule has 0 aliphatic heterocycles. The number of nitrogens with zero attached hydrogens (tertiary/aromatic N) is 2. The molecule has 19 heavy (non-hydrogen) atoms. The third-order valence-electron chi connectivity index (χ3n) is 2.64. The number of aromatic hydroxyl groups is 1. The van der Waals surface area contributed by atoms with E-state index in [0.717, 1.165) is 6.26 Å². The van der Waals surface area contributed by atoms with Crippen LogP contribution >= 0.6 is 22.6 Å². The molecule has 0 saturated carbocycles. The zero-order chi connectivity index (χ0) is 14.2. The third-order valence-corrected chi connectivity index (χ3v) is 5.05. The minimum Gasteiger partial charge on any atom is -0.507 e. The monoisotopic (exact) mass is 394 g/mol. The van der Waals surface area contributed by atoms with Gasteiger partial charge in [-0.05, 0) is 47.7 Å². The van der Waals surface area contributed by atoms with Crippen LogP contribution in [0.25, 0.3) is 11.5 Å². The van der Waals surface area contributed by atoms with Gasteiger partial charge in [-0.2, -0.15) is 4.98 Å². The topological polar surface area (TPSA) is 93.3 Å². The van der Waals surface area contributed by atoms with E-state index in [0.29, 0.717) is 9.13 Å². The zero-order valence-electron chi connectivity index (χ0n) is 10.2. The third kappa shape index (κ3) is 3.06. The van der Waals surface area contributed by atoms with Crippen LogP contribution < -0.4 is 0 Å². The van der Waals surface area contributed by atoms with Gasteiger partial charge in [0, 0.05) is 11.8 Å². The molecule has 6 nitrogen and oxygen atoms in total. The minimum atomic E-state index is -3.28. The SMILES string of the molecule is CC(c1noc(-c2ccc(I)c(O)c2)n1)S(C)(=O)=O. The smallest absolute Gasteiger partial charge is 0.258 e. The molecule has 102 valence electrons. The van der Waals surface area contributed by atoms with Crippen LogP contribution in [-0.4, -0.2) is 29.9 Å². The first-order valence-corrected chi connectivity index (χ1v) is 8.33. The molecule has 0 aliphatic rings. The number of aromatic nitrogens is 2. The molecule has 1 unspecified atom stereocenters. The number of halogens is 1. The second kappa shape index (κ2) is 5.08. The lowest BCUT2D eigenvalue weighted by atomic mass is 10.2. The first-order chi connectivity index (χ1) is 8.79. The van der Waals surface area contributed by atoms with Crippen molar-refractivity contribution in [1.82, 2.24) is 10.1 Å². The molecule has 1 heterocycles. The van der Waals surface area contributed by atoms with E-state index in [1.165, 1.54) is 13.0 Å². The highest BCUT2D eigenvalue weighted by molar-refractivity contribution is 14.1. The van der Waals surface area contributed by atoms with E-state index in [-0.39, 0.29) is 17.5 Å². The second-order valence-electron chi connectivity index (χ2n) is 4.10. The minimum absolute atomic E-state index is 0.106. The van der Waals surface area contributed by atoms with Crippen molar-refractivity contribution in [3.05, 3.63) is 27.6 Å². The van der Waals surface area contributed by atoms with Crippen molar-refractivity contribution in [2.45, 2.75) is 12.2 Å². The maximum Gasteiger partial charge on any atom is 0.258 e. The van der Waals surface area contributed by atoms with Gasteiger partial charge in [0.2, 0.25) is 0 Å². The van der Waals surface area contributed by atoms with Crippen molar-refractivity contribution >= 4 is 32.4 Å². The van der Waals surface area contributed by atoms with Crippen LogP contribution in [0.5, 0.6) is 5.75 Å². The fraction of sp³-hybridized carbons (Fsp3) is 0.273. The summed E-state index contributed by atoms with van der Waals surface area (Å²) in [6.07, 6.45) is 1.12. The summed E-state index contributed by atoms with van der Waals surface area (Å²) in [5.41, 5.74) is 0.539. The molecule has 1 aromatic carbocycles.